The molecule has 0 bridgehead atoms. The number of nitrogens with zero attached hydrogens (tertiary/aromatic N) is 5. The molecular formula is C20H24N6O2. The van der Waals surface area contributed by atoms with Gasteiger partial charge in [0.2, 0.25) is 5.91 Å². The molecular weight excluding hydrogens is 356 g/mol. The second-order valence-electron chi connectivity index (χ2n) is 7.58. The van der Waals surface area contributed by atoms with Crippen LogP contribution in [0.15, 0.2) is 35.4 Å². The number of rotatable bonds is 4. The lowest BCUT2D eigenvalue weighted by Gasteiger charge is -2.26. The van der Waals surface area contributed by atoms with Gasteiger partial charge in [-0.3, -0.25) is 9.59 Å². The van der Waals surface area contributed by atoms with Crippen LogP contribution in [0.3, 0.4) is 0 Å². The van der Waals surface area contributed by atoms with Crippen molar-refractivity contribution in [2.45, 2.75) is 51.7 Å². The molecule has 1 aliphatic carbocycles. The first-order valence-electron chi connectivity index (χ1n) is 9.66. The average Bonchev–Trinajstić information content (AvgIpc) is 3.16. The summed E-state index contributed by atoms with van der Waals surface area (Å²) in [6.45, 7) is 4.08. The van der Waals surface area contributed by atoms with Gasteiger partial charge in [0, 0.05) is 6.07 Å². The third kappa shape index (κ3) is 3.67. The Kier molecular flexibility index (Phi) is 4.93. The smallest absolute Gasteiger partial charge is 0.267 e. The Balaban J connectivity index is 1.46. The van der Waals surface area contributed by atoms with Crippen molar-refractivity contribution in [2.24, 2.45) is 5.92 Å². The molecule has 3 atom stereocenters. The van der Waals surface area contributed by atoms with E-state index in [1.165, 1.54) is 17.1 Å². The molecule has 8 nitrogen and oxygen atoms in total. The van der Waals surface area contributed by atoms with Gasteiger partial charge in [0.15, 0.2) is 5.82 Å². The van der Waals surface area contributed by atoms with Crippen LogP contribution in [0.5, 0.6) is 0 Å². The van der Waals surface area contributed by atoms with Crippen molar-refractivity contribution in [3.8, 4) is 0 Å². The van der Waals surface area contributed by atoms with Gasteiger partial charge >= 0.3 is 0 Å². The van der Waals surface area contributed by atoms with Gasteiger partial charge in [-0.2, -0.15) is 10.2 Å². The molecule has 1 amide bonds. The Labute approximate surface area is 163 Å². The maximum Gasteiger partial charge on any atom is 0.267 e. The Bertz CT molecular complexity index is 1000. The van der Waals surface area contributed by atoms with Crippen LogP contribution in [-0.2, 0) is 11.3 Å². The van der Waals surface area contributed by atoms with E-state index in [4.69, 9.17) is 0 Å². The van der Waals surface area contributed by atoms with Crippen molar-refractivity contribution in [1.29, 1.82) is 0 Å². The van der Waals surface area contributed by atoms with E-state index in [9.17, 15) is 9.59 Å². The second-order valence-corrected chi connectivity index (χ2v) is 7.58. The summed E-state index contributed by atoms with van der Waals surface area (Å²) >= 11 is 0. The van der Waals surface area contributed by atoms with Crippen LogP contribution >= 0.6 is 0 Å². The van der Waals surface area contributed by atoms with Crippen LogP contribution < -0.4 is 10.9 Å². The van der Waals surface area contributed by atoms with Gasteiger partial charge in [0.1, 0.15) is 12.9 Å². The fraction of sp³-hybridized carbons (Fsp3) is 0.450. The number of aromatic nitrogens is 5. The Morgan fingerprint density at radius 2 is 2.18 bits per heavy atom. The zero-order chi connectivity index (χ0) is 19.7. The number of carbonyl (C=O) groups is 1. The van der Waals surface area contributed by atoms with Crippen molar-refractivity contribution in [3.63, 3.8) is 0 Å². The number of nitrogens with one attached hydrogen (secondary N) is 1. The number of allylic oxidation sites excluding steroid dienone is 2. The predicted octanol–water partition coefficient (Wildman–Crippen LogP) is 1.81. The highest BCUT2D eigenvalue weighted by Gasteiger charge is 2.25. The Hall–Kier alpha value is -3.03. The first-order chi connectivity index (χ1) is 13.5. The maximum atomic E-state index is 12.6. The molecule has 0 radical (unpaired) electrons. The molecule has 3 heterocycles. The quantitative estimate of drug-likeness (QED) is 0.873. The molecule has 0 aromatic carbocycles. The summed E-state index contributed by atoms with van der Waals surface area (Å²) in [6, 6.07) is 2.95. The largest absolute Gasteiger partial charge is 0.346 e. The summed E-state index contributed by atoms with van der Waals surface area (Å²) < 4.78 is 3.01. The molecule has 0 saturated heterocycles. The average molecular weight is 380 g/mol. The fourth-order valence-electron chi connectivity index (χ4n) is 3.66. The van der Waals surface area contributed by atoms with Crippen LogP contribution in [0.1, 0.15) is 50.7 Å². The molecule has 1 aliphatic heterocycles. The molecule has 2 aromatic heterocycles. The minimum atomic E-state index is -0.283. The third-order valence-corrected chi connectivity index (χ3v) is 5.45. The van der Waals surface area contributed by atoms with E-state index >= 15 is 0 Å². The topological polar surface area (TPSA) is 94.7 Å². The summed E-state index contributed by atoms with van der Waals surface area (Å²) in [6.07, 6.45) is 10.5. The van der Waals surface area contributed by atoms with Crippen molar-refractivity contribution in [2.75, 3.05) is 0 Å². The Morgan fingerprint density at radius 3 is 2.96 bits per heavy atom. The minimum absolute atomic E-state index is 0.0585. The monoisotopic (exact) mass is 380 g/mol. The van der Waals surface area contributed by atoms with E-state index in [0.717, 1.165) is 36.4 Å². The molecule has 0 fully saturated rings. The summed E-state index contributed by atoms with van der Waals surface area (Å²) in [5.41, 5.74) is 1.64. The minimum Gasteiger partial charge on any atom is -0.346 e. The lowest BCUT2D eigenvalue weighted by molar-refractivity contribution is -0.122. The summed E-state index contributed by atoms with van der Waals surface area (Å²) in [5.74, 6) is 1.18. The highest BCUT2D eigenvalue weighted by Crippen LogP contribution is 2.28. The molecule has 0 spiro atoms. The Morgan fingerprint density at radius 1 is 1.32 bits per heavy atom. The number of carbonyl (C=O) groups excluding carboxylic acids is 1. The number of fused-ring (bicyclic) bond motifs is 1. The number of hydrogen-bond acceptors (Lipinski definition) is 5. The van der Waals surface area contributed by atoms with Gasteiger partial charge in [-0.1, -0.05) is 19.1 Å². The fourth-order valence-corrected chi connectivity index (χ4v) is 3.66. The van der Waals surface area contributed by atoms with E-state index in [2.05, 4.69) is 33.5 Å². The van der Waals surface area contributed by atoms with E-state index in [1.54, 1.807) is 10.7 Å². The van der Waals surface area contributed by atoms with Gasteiger partial charge in [-0.25, -0.2) is 14.3 Å². The molecule has 3 unspecified atom stereocenters. The van der Waals surface area contributed by atoms with Crippen LogP contribution in [0.2, 0.25) is 0 Å². The molecule has 8 heteroatoms. The molecule has 0 saturated carbocycles. The van der Waals surface area contributed by atoms with Crippen LogP contribution in [-0.4, -0.2) is 36.5 Å². The normalized spacial score (nSPS) is 23.8. The summed E-state index contributed by atoms with van der Waals surface area (Å²) in [4.78, 5) is 28.9. The predicted molar refractivity (Wildman–Crippen MR) is 105 cm³/mol. The SMILES string of the molecule is CC1CC=C(c2ccc(=O)n(CC(=O)NC3C=Cc4ncnn4C3C)n2)CC1. The first kappa shape index (κ1) is 18.3. The molecule has 2 aromatic rings. The molecule has 28 heavy (non-hydrogen) atoms. The maximum absolute atomic E-state index is 12.6. The highest BCUT2D eigenvalue weighted by molar-refractivity contribution is 5.76. The van der Waals surface area contributed by atoms with E-state index in [0.29, 0.717) is 5.92 Å². The van der Waals surface area contributed by atoms with Gasteiger partial charge in [0.05, 0.1) is 17.8 Å². The number of hydrogen-bond donors (Lipinski definition) is 1. The van der Waals surface area contributed by atoms with Crippen molar-refractivity contribution in [1.82, 2.24) is 29.9 Å². The second kappa shape index (κ2) is 7.53. The molecule has 2 aliphatic rings. The first-order valence-corrected chi connectivity index (χ1v) is 9.66. The van der Waals surface area contributed by atoms with Gasteiger partial charge in [-0.05, 0) is 49.8 Å². The van der Waals surface area contributed by atoms with Crippen LogP contribution in [0.25, 0.3) is 11.6 Å². The summed E-state index contributed by atoms with van der Waals surface area (Å²) in [5, 5.41) is 11.6. The zero-order valence-electron chi connectivity index (χ0n) is 16.1. The standard InChI is InChI=1S/C20H24N6O2/c1-13-3-5-15(6-4-13)17-8-10-20(28)25(24-17)11-19(27)23-16-7-9-18-21-12-22-26(18)14(16)2/h5,7-10,12-14,16H,3-4,6,11H2,1-2H3,(H,23,27). The highest BCUT2D eigenvalue weighted by atomic mass is 16.2. The molecule has 146 valence electrons. The van der Waals surface area contributed by atoms with Crippen LogP contribution in [0.4, 0.5) is 0 Å². The van der Waals surface area contributed by atoms with Crippen molar-refractivity contribution >= 4 is 17.6 Å². The van der Waals surface area contributed by atoms with Crippen molar-refractivity contribution < 1.29 is 4.79 Å². The molecule has 1 N–H and O–H groups in total. The zero-order valence-corrected chi connectivity index (χ0v) is 16.1. The van der Waals surface area contributed by atoms with Crippen LogP contribution in [0, 0.1) is 5.92 Å². The van der Waals surface area contributed by atoms with E-state index in [-0.39, 0.29) is 30.1 Å². The third-order valence-electron chi connectivity index (χ3n) is 5.45. The van der Waals surface area contributed by atoms with E-state index < -0.39 is 0 Å². The van der Waals surface area contributed by atoms with E-state index in [1.807, 2.05) is 19.1 Å². The lowest BCUT2D eigenvalue weighted by atomic mass is 9.90. The van der Waals surface area contributed by atoms with Gasteiger partial charge in [0.25, 0.3) is 5.56 Å². The summed E-state index contributed by atoms with van der Waals surface area (Å²) in [7, 11) is 0. The number of amides is 1. The molecule has 4 rings (SSSR count). The van der Waals surface area contributed by atoms with Crippen molar-refractivity contribution in [3.05, 3.63) is 52.5 Å². The van der Waals surface area contributed by atoms with Gasteiger partial charge < -0.3 is 5.32 Å². The van der Waals surface area contributed by atoms with Gasteiger partial charge in [-0.15, -0.1) is 0 Å². The lowest BCUT2D eigenvalue weighted by Crippen LogP contribution is -2.43.